The first-order valence-corrected chi connectivity index (χ1v) is 29.1. The minimum absolute atomic E-state index is 0.0885. The van der Waals surface area contributed by atoms with Crippen molar-refractivity contribution < 1.29 is 28.6 Å². The fourth-order valence-corrected chi connectivity index (χ4v) is 8.03. The maximum absolute atomic E-state index is 12.9. The minimum Gasteiger partial charge on any atom is -0.462 e. The quantitative estimate of drug-likeness (QED) is 0.0262. The van der Waals surface area contributed by atoms with Crippen molar-refractivity contribution in [2.24, 2.45) is 0 Å². The molecular weight excluding hydrogens is 853 g/mol. The molecule has 1 atom stereocenters. The largest absolute Gasteiger partial charge is 0.462 e. The lowest BCUT2D eigenvalue weighted by molar-refractivity contribution is -0.167. The summed E-state index contributed by atoms with van der Waals surface area (Å²) < 4.78 is 16.9. The van der Waals surface area contributed by atoms with E-state index in [0.29, 0.717) is 19.3 Å². The first kappa shape index (κ1) is 65.6. The predicted molar refractivity (Wildman–Crippen MR) is 297 cm³/mol. The zero-order valence-electron chi connectivity index (χ0n) is 45.3. The van der Waals surface area contributed by atoms with Crippen molar-refractivity contribution in [3.05, 3.63) is 85.1 Å². The number of carbonyl (C=O) groups is 3. The van der Waals surface area contributed by atoms with Gasteiger partial charge < -0.3 is 14.2 Å². The molecule has 0 amide bonds. The third-order valence-corrected chi connectivity index (χ3v) is 12.4. The van der Waals surface area contributed by atoms with Gasteiger partial charge in [0.1, 0.15) is 13.2 Å². The molecule has 396 valence electrons. The van der Waals surface area contributed by atoms with Gasteiger partial charge >= 0.3 is 17.9 Å². The third-order valence-electron chi connectivity index (χ3n) is 12.4. The van der Waals surface area contributed by atoms with Gasteiger partial charge in [-0.2, -0.15) is 0 Å². The maximum Gasteiger partial charge on any atom is 0.306 e. The second-order valence-corrected chi connectivity index (χ2v) is 19.2. The zero-order chi connectivity index (χ0) is 50.0. The summed E-state index contributed by atoms with van der Waals surface area (Å²) in [5, 5.41) is 0. The molecule has 0 aliphatic carbocycles. The fourth-order valence-electron chi connectivity index (χ4n) is 8.03. The van der Waals surface area contributed by atoms with Crippen molar-refractivity contribution in [3.8, 4) is 0 Å². The summed E-state index contributed by atoms with van der Waals surface area (Å²) in [5.74, 6) is -0.922. The van der Waals surface area contributed by atoms with Crippen LogP contribution in [0, 0.1) is 0 Å². The molecule has 0 radical (unpaired) electrons. The molecule has 0 aromatic carbocycles. The van der Waals surface area contributed by atoms with Gasteiger partial charge in [-0.25, -0.2) is 0 Å². The average molecular weight is 962 g/mol. The highest BCUT2D eigenvalue weighted by Crippen LogP contribution is 2.16. The van der Waals surface area contributed by atoms with Crippen molar-refractivity contribution in [2.45, 2.75) is 284 Å². The van der Waals surface area contributed by atoms with Crippen LogP contribution < -0.4 is 0 Å². The standard InChI is InChI=1S/C63H108O6/c1-4-7-10-13-16-19-22-25-28-30-31-33-35-38-41-44-47-50-53-56-62(65)68-59-60(58-67-61(64)55-52-49-46-43-40-37-34-27-24-21-18-15-12-9-6-3)69-63(66)57-54-51-48-45-42-39-36-32-29-26-23-20-17-14-11-8-5-2/h7,10,16-17,19-20,25-26,28-29,31,33,38,41,60H,4-6,8-9,11-15,18,21-24,27,30,32,34-37,39-40,42-59H2,1-3H3/b10-7-,19-16-,20-17-,28-25-,29-26-,33-31-,41-38-. The molecule has 0 fully saturated rings. The van der Waals surface area contributed by atoms with Crippen LogP contribution in [0.4, 0.5) is 0 Å². The molecule has 0 saturated carbocycles. The smallest absolute Gasteiger partial charge is 0.306 e. The van der Waals surface area contributed by atoms with Crippen molar-refractivity contribution in [2.75, 3.05) is 13.2 Å². The number of unbranched alkanes of at least 4 members (excludes halogenated alkanes) is 27. The molecule has 0 spiro atoms. The van der Waals surface area contributed by atoms with Crippen LogP contribution in [0.15, 0.2) is 85.1 Å². The Balaban J connectivity index is 4.45. The molecule has 0 bridgehead atoms. The van der Waals surface area contributed by atoms with Crippen LogP contribution >= 0.6 is 0 Å². The van der Waals surface area contributed by atoms with E-state index in [1.54, 1.807) is 0 Å². The molecule has 0 aromatic heterocycles. The van der Waals surface area contributed by atoms with Crippen LogP contribution in [-0.4, -0.2) is 37.2 Å². The van der Waals surface area contributed by atoms with Crippen LogP contribution in [0.1, 0.15) is 278 Å². The summed E-state index contributed by atoms with van der Waals surface area (Å²) in [6.45, 7) is 6.49. The first-order valence-electron chi connectivity index (χ1n) is 29.1. The van der Waals surface area contributed by atoms with E-state index in [2.05, 4.69) is 106 Å². The highest BCUT2D eigenvalue weighted by atomic mass is 16.6. The summed E-state index contributed by atoms with van der Waals surface area (Å²) in [4.78, 5) is 38.2. The van der Waals surface area contributed by atoms with E-state index in [4.69, 9.17) is 14.2 Å². The molecule has 0 saturated heterocycles. The van der Waals surface area contributed by atoms with Crippen molar-refractivity contribution in [3.63, 3.8) is 0 Å². The number of esters is 3. The Labute approximate surface area is 426 Å². The van der Waals surface area contributed by atoms with Crippen molar-refractivity contribution in [1.29, 1.82) is 0 Å². The molecule has 0 heterocycles. The van der Waals surface area contributed by atoms with E-state index < -0.39 is 6.10 Å². The van der Waals surface area contributed by atoms with E-state index in [-0.39, 0.29) is 31.1 Å². The first-order chi connectivity index (χ1) is 34.0. The third kappa shape index (κ3) is 55.4. The summed E-state index contributed by atoms with van der Waals surface area (Å²) in [7, 11) is 0. The molecule has 1 unspecified atom stereocenters. The number of rotatable bonds is 52. The Morgan fingerprint density at radius 3 is 0.928 bits per heavy atom. The molecule has 6 heteroatoms. The second kappa shape index (κ2) is 57.2. The second-order valence-electron chi connectivity index (χ2n) is 19.2. The highest BCUT2D eigenvalue weighted by molar-refractivity contribution is 5.71. The molecule has 0 rings (SSSR count). The number of hydrogen-bond donors (Lipinski definition) is 0. The summed E-state index contributed by atoms with van der Waals surface area (Å²) in [6, 6.07) is 0. The Bertz CT molecular complexity index is 1330. The van der Waals surface area contributed by atoms with Gasteiger partial charge in [0.25, 0.3) is 0 Å². The van der Waals surface area contributed by atoms with Crippen molar-refractivity contribution in [1.82, 2.24) is 0 Å². The van der Waals surface area contributed by atoms with E-state index in [0.717, 1.165) is 109 Å². The Morgan fingerprint density at radius 2 is 0.565 bits per heavy atom. The van der Waals surface area contributed by atoms with E-state index in [1.165, 1.54) is 128 Å². The molecule has 0 aliphatic heterocycles. The number of ether oxygens (including phenoxy) is 3. The molecule has 6 nitrogen and oxygen atoms in total. The van der Waals surface area contributed by atoms with Gasteiger partial charge in [-0.15, -0.1) is 0 Å². The van der Waals surface area contributed by atoms with Gasteiger partial charge in [0.15, 0.2) is 6.10 Å². The van der Waals surface area contributed by atoms with E-state index in [1.807, 2.05) is 0 Å². The Kier molecular flexibility index (Phi) is 54.3. The predicted octanol–water partition coefficient (Wildman–Crippen LogP) is 19.5. The lowest BCUT2D eigenvalue weighted by Gasteiger charge is -2.18. The molecule has 0 aromatic rings. The SMILES string of the molecule is CC/C=C\C/C=C\C/C=C\C/C=C\C/C=C\CCCCCC(=O)OCC(COC(=O)CCCCCCCCCCCCCCCCC)OC(=O)CCCCCCCCC/C=C\C/C=C\CCCCC. The van der Waals surface area contributed by atoms with Gasteiger partial charge in [-0.1, -0.05) is 247 Å². The Hall–Kier alpha value is -3.41. The zero-order valence-corrected chi connectivity index (χ0v) is 45.3. The molecular formula is C63H108O6. The fraction of sp³-hybridized carbons (Fsp3) is 0.730. The van der Waals surface area contributed by atoms with E-state index >= 15 is 0 Å². The van der Waals surface area contributed by atoms with Crippen LogP contribution in [0.5, 0.6) is 0 Å². The van der Waals surface area contributed by atoms with Crippen molar-refractivity contribution >= 4 is 17.9 Å². The lowest BCUT2D eigenvalue weighted by Crippen LogP contribution is -2.30. The van der Waals surface area contributed by atoms with Gasteiger partial charge in [0.05, 0.1) is 0 Å². The minimum atomic E-state index is -0.794. The lowest BCUT2D eigenvalue weighted by atomic mass is 10.0. The normalized spacial score (nSPS) is 12.7. The number of carbonyl (C=O) groups excluding carboxylic acids is 3. The number of hydrogen-bond acceptors (Lipinski definition) is 6. The van der Waals surface area contributed by atoms with Gasteiger partial charge in [-0.05, 0) is 96.3 Å². The van der Waals surface area contributed by atoms with Crippen LogP contribution in [0.2, 0.25) is 0 Å². The van der Waals surface area contributed by atoms with Gasteiger partial charge in [-0.3, -0.25) is 14.4 Å². The Morgan fingerprint density at radius 1 is 0.304 bits per heavy atom. The molecule has 69 heavy (non-hydrogen) atoms. The van der Waals surface area contributed by atoms with Crippen LogP contribution in [0.3, 0.4) is 0 Å². The summed E-state index contributed by atoms with van der Waals surface area (Å²) >= 11 is 0. The molecule has 0 aliphatic rings. The van der Waals surface area contributed by atoms with E-state index in [9.17, 15) is 14.4 Å². The van der Waals surface area contributed by atoms with Gasteiger partial charge in [0, 0.05) is 19.3 Å². The summed E-state index contributed by atoms with van der Waals surface area (Å²) in [5.41, 5.74) is 0. The van der Waals surface area contributed by atoms with Crippen LogP contribution in [-0.2, 0) is 28.6 Å². The number of allylic oxidation sites excluding steroid dienone is 14. The topological polar surface area (TPSA) is 78.9 Å². The van der Waals surface area contributed by atoms with Gasteiger partial charge in [0.2, 0.25) is 0 Å². The monoisotopic (exact) mass is 961 g/mol. The molecule has 0 N–H and O–H groups in total. The maximum atomic E-state index is 12.9. The summed E-state index contributed by atoms with van der Waals surface area (Å²) in [6.07, 6.45) is 74.2. The van der Waals surface area contributed by atoms with Crippen LogP contribution in [0.25, 0.3) is 0 Å². The highest BCUT2D eigenvalue weighted by Gasteiger charge is 2.19. The average Bonchev–Trinajstić information content (AvgIpc) is 3.35.